The third-order valence-corrected chi connectivity index (χ3v) is 3.81. The maximum absolute atomic E-state index is 13.6. The lowest BCUT2D eigenvalue weighted by Gasteiger charge is -2.08. The van der Waals surface area contributed by atoms with Crippen LogP contribution in [0.1, 0.15) is 15.9 Å². The topological polar surface area (TPSA) is 41.1 Å². The molecule has 0 fully saturated rings. The first-order chi connectivity index (χ1) is 9.51. The highest BCUT2D eigenvalue weighted by Crippen LogP contribution is 2.21. The average molecular weight is 337 g/mol. The van der Waals surface area contributed by atoms with Crippen LogP contribution in [0.2, 0.25) is 0 Å². The van der Waals surface area contributed by atoms with Crippen molar-refractivity contribution in [2.75, 3.05) is 17.7 Å². The highest BCUT2D eigenvalue weighted by Gasteiger charge is 2.10. The molecule has 104 valence electrons. The molecule has 5 heteroatoms. The summed E-state index contributed by atoms with van der Waals surface area (Å²) in [5.74, 6) is -0.791. The van der Waals surface area contributed by atoms with Gasteiger partial charge in [0.25, 0.3) is 5.91 Å². The Bertz CT molecular complexity index is 658. The van der Waals surface area contributed by atoms with Gasteiger partial charge in [-0.25, -0.2) is 4.39 Å². The Morgan fingerprint density at radius 3 is 2.55 bits per heavy atom. The van der Waals surface area contributed by atoms with E-state index in [4.69, 9.17) is 0 Å². The molecule has 0 radical (unpaired) electrons. The lowest BCUT2D eigenvalue weighted by atomic mass is 10.1. The zero-order chi connectivity index (χ0) is 14.7. The summed E-state index contributed by atoms with van der Waals surface area (Å²) in [4.78, 5) is 12.1. The molecule has 2 aromatic carbocycles. The van der Waals surface area contributed by atoms with Crippen molar-refractivity contribution in [3.8, 4) is 0 Å². The van der Waals surface area contributed by atoms with E-state index in [2.05, 4.69) is 26.6 Å². The second-order valence-electron chi connectivity index (χ2n) is 4.36. The summed E-state index contributed by atoms with van der Waals surface area (Å²) in [7, 11) is 1.63. The molecule has 2 aromatic rings. The standard InChI is InChI=1S/C15H14BrFN2O/c1-9-7-11(4-5-12(9)16)19-15(20)10-3-6-14(18-2)13(17)8-10/h3-8,18H,1-2H3,(H,19,20). The maximum atomic E-state index is 13.6. The van der Waals surface area contributed by atoms with Gasteiger partial charge in [-0.15, -0.1) is 0 Å². The molecular formula is C15H14BrFN2O. The Kier molecular flexibility index (Phi) is 4.39. The molecule has 0 aromatic heterocycles. The number of carbonyl (C=O) groups excluding carboxylic acids is 1. The second-order valence-corrected chi connectivity index (χ2v) is 5.22. The summed E-state index contributed by atoms with van der Waals surface area (Å²) in [5.41, 5.74) is 2.33. The highest BCUT2D eigenvalue weighted by atomic mass is 79.9. The fraction of sp³-hybridized carbons (Fsp3) is 0.133. The largest absolute Gasteiger partial charge is 0.386 e. The number of hydrogen-bond donors (Lipinski definition) is 2. The van der Waals surface area contributed by atoms with Crippen molar-refractivity contribution in [1.29, 1.82) is 0 Å². The van der Waals surface area contributed by atoms with E-state index in [0.717, 1.165) is 10.0 Å². The molecule has 0 spiro atoms. The van der Waals surface area contributed by atoms with Crippen molar-refractivity contribution in [2.45, 2.75) is 6.92 Å². The first-order valence-electron chi connectivity index (χ1n) is 6.06. The Morgan fingerprint density at radius 2 is 1.95 bits per heavy atom. The SMILES string of the molecule is CNc1ccc(C(=O)Nc2ccc(Br)c(C)c2)cc1F. The average Bonchev–Trinajstić information content (AvgIpc) is 2.42. The molecule has 3 nitrogen and oxygen atoms in total. The lowest BCUT2D eigenvalue weighted by molar-refractivity contribution is 0.102. The van der Waals surface area contributed by atoms with E-state index >= 15 is 0 Å². The van der Waals surface area contributed by atoms with Crippen molar-refractivity contribution in [3.63, 3.8) is 0 Å². The van der Waals surface area contributed by atoms with Crippen LogP contribution in [0.25, 0.3) is 0 Å². The molecule has 2 N–H and O–H groups in total. The number of benzene rings is 2. The molecular weight excluding hydrogens is 323 g/mol. The zero-order valence-electron chi connectivity index (χ0n) is 11.1. The van der Waals surface area contributed by atoms with E-state index in [9.17, 15) is 9.18 Å². The van der Waals surface area contributed by atoms with Gasteiger partial charge in [0.15, 0.2) is 0 Å². The van der Waals surface area contributed by atoms with Crippen molar-refractivity contribution in [3.05, 3.63) is 57.8 Å². The lowest BCUT2D eigenvalue weighted by Crippen LogP contribution is -2.12. The van der Waals surface area contributed by atoms with Crippen LogP contribution >= 0.6 is 15.9 Å². The van der Waals surface area contributed by atoms with Crippen LogP contribution in [0.4, 0.5) is 15.8 Å². The summed E-state index contributed by atoms with van der Waals surface area (Å²) >= 11 is 3.40. The van der Waals surface area contributed by atoms with E-state index in [1.54, 1.807) is 19.2 Å². The van der Waals surface area contributed by atoms with Crippen molar-refractivity contribution < 1.29 is 9.18 Å². The molecule has 20 heavy (non-hydrogen) atoms. The minimum atomic E-state index is -0.452. The predicted molar refractivity (Wildman–Crippen MR) is 82.8 cm³/mol. The van der Waals surface area contributed by atoms with Crippen molar-refractivity contribution in [1.82, 2.24) is 0 Å². The Labute approximate surface area is 125 Å². The summed E-state index contributed by atoms with van der Waals surface area (Å²) in [6.07, 6.45) is 0. The molecule has 0 unspecified atom stereocenters. The molecule has 0 aliphatic heterocycles. The van der Waals surface area contributed by atoms with Crippen LogP contribution in [-0.2, 0) is 0 Å². The molecule has 0 bridgehead atoms. The molecule has 0 atom stereocenters. The minimum absolute atomic E-state index is 0.280. The smallest absolute Gasteiger partial charge is 0.255 e. The van der Waals surface area contributed by atoms with Gasteiger partial charge < -0.3 is 10.6 Å². The first kappa shape index (κ1) is 14.5. The summed E-state index contributed by atoms with van der Waals surface area (Å²) in [6, 6.07) is 9.82. The Morgan fingerprint density at radius 1 is 1.20 bits per heavy atom. The van der Waals surface area contributed by atoms with Crippen LogP contribution in [0.5, 0.6) is 0 Å². The fourth-order valence-electron chi connectivity index (χ4n) is 1.78. The van der Waals surface area contributed by atoms with Gasteiger partial charge >= 0.3 is 0 Å². The number of anilines is 2. The number of hydrogen-bond acceptors (Lipinski definition) is 2. The van der Waals surface area contributed by atoms with E-state index in [1.165, 1.54) is 12.1 Å². The van der Waals surface area contributed by atoms with E-state index < -0.39 is 5.82 Å². The third kappa shape index (κ3) is 3.17. The van der Waals surface area contributed by atoms with E-state index in [-0.39, 0.29) is 11.5 Å². The molecule has 0 saturated heterocycles. The summed E-state index contributed by atoms with van der Waals surface area (Å²) in [6.45, 7) is 1.93. The molecule has 0 aliphatic rings. The first-order valence-corrected chi connectivity index (χ1v) is 6.85. The molecule has 0 aliphatic carbocycles. The van der Waals surface area contributed by atoms with Crippen LogP contribution in [0.15, 0.2) is 40.9 Å². The summed E-state index contributed by atoms with van der Waals surface area (Å²) in [5, 5.41) is 5.46. The van der Waals surface area contributed by atoms with Gasteiger partial charge in [-0.3, -0.25) is 4.79 Å². The fourth-order valence-corrected chi connectivity index (χ4v) is 2.03. The number of aryl methyl sites for hydroxylation is 1. The Balaban J connectivity index is 2.19. The normalized spacial score (nSPS) is 10.2. The number of amides is 1. The number of carbonyl (C=O) groups is 1. The van der Waals surface area contributed by atoms with Crippen molar-refractivity contribution in [2.24, 2.45) is 0 Å². The van der Waals surface area contributed by atoms with Gasteiger partial charge in [0, 0.05) is 22.8 Å². The van der Waals surface area contributed by atoms with Gasteiger partial charge in [-0.05, 0) is 48.9 Å². The second kappa shape index (κ2) is 6.05. The van der Waals surface area contributed by atoms with E-state index in [0.29, 0.717) is 11.4 Å². The van der Waals surface area contributed by atoms with Crippen LogP contribution in [-0.4, -0.2) is 13.0 Å². The third-order valence-electron chi connectivity index (χ3n) is 2.92. The van der Waals surface area contributed by atoms with Gasteiger partial charge in [0.1, 0.15) is 5.82 Å². The zero-order valence-corrected chi connectivity index (χ0v) is 12.7. The predicted octanol–water partition coefficient (Wildman–Crippen LogP) is 4.19. The Hall–Kier alpha value is -1.88. The molecule has 2 rings (SSSR count). The van der Waals surface area contributed by atoms with Gasteiger partial charge in [-0.2, -0.15) is 0 Å². The molecule has 1 amide bonds. The van der Waals surface area contributed by atoms with E-state index in [1.807, 2.05) is 19.1 Å². The maximum Gasteiger partial charge on any atom is 0.255 e. The number of nitrogens with one attached hydrogen (secondary N) is 2. The monoisotopic (exact) mass is 336 g/mol. The van der Waals surface area contributed by atoms with Gasteiger partial charge in [0.05, 0.1) is 5.69 Å². The molecule has 0 heterocycles. The van der Waals surface area contributed by atoms with Gasteiger partial charge in [-0.1, -0.05) is 15.9 Å². The van der Waals surface area contributed by atoms with Crippen LogP contribution in [0, 0.1) is 12.7 Å². The van der Waals surface area contributed by atoms with Crippen LogP contribution in [0.3, 0.4) is 0 Å². The number of rotatable bonds is 3. The quantitative estimate of drug-likeness (QED) is 0.882. The minimum Gasteiger partial charge on any atom is -0.386 e. The van der Waals surface area contributed by atoms with Crippen LogP contribution < -0.4 is 10.6 Å². The highest BCUT2D eigenvalue weighted by molar-refractivity contribution is 9.10. The number of halogens is 2. The van der Waals surface area contributed by atoms with Crippen molar-refractivity contribution >= 4 is 33.2 Å². The van der Waals surface area contributed by atoms with Gasteiger partial charge in [0.2, 0.25) is 0 Å². The molecule has 0 saturated carbocycles. The summed E-state index contributed by atoms with van der Waals surface area (Å²) < 4.78 is 14.6.